The molecule has 5 heteroatoms. The van der Waals surface area contributed by atoms with Gasteiger partial charge in [-0.2, -0.15) is 0 Å². The molecule has 1 aromatic carbocycles. The van der Waals surface area contributed by atoms with Gasteiger partial charge in [0.2, 0.25) is 5.91 Å². The fraction of sp³-hybridized carbons (Fsp3) is 0.588. The number of aliphatic hydroxyl groups excluding tert-OH is 1. The normalized spacial score (nSPS) is 18.1. The first kappa shape index (κ1) is 17.3. The molecular weight excluding hydrogens is 300 g/mol. The van der Waals surface area contributed by atoms with Crippen LogP contribution < -0.4 is 5.32 Å². The summed E-state index contributed by atoms with van der Waals surface area (Å²) >= 11 is 5.84. The lowest BCUT2D eigenvalue weighted by molar-refractivity contribution is -0.122. The van der Waals surface area contributed by atoms with Crippen molar-refractivity contribution in [3.8, 4) is 0 Å². The van der Waals surface area contributed by atoms with Crippen molar-refractivity contribution in [1.29, 1.82) is 0 Å². The standard InChI is InChI=1S/C17H25ClN2O2/c1-13(21)15-7-10-20(11-8-15)12-17(22)19-9-6-14-2-4-16(18)5-3-14/h2-5,13,15,21H,6-12H2,1H3,(H,19,22). The number of carbonyl (C=O) groups excluding carboxylic acids is 1. The van der Waals surface area contributed by atoms with Crippen LogP contribution in [0.1, 0.15) is 25.3 Å². The summed E-state index contributed by atoms with van der Waals surface area (Å²) in [6, 6.07) is 7.70. The van der Waals surface area contributed by atoms with Crippen LogP contribution in [-0.2, 0) is 11.2 Å². The van der Waals surface area contributed by atoms with E-state index in [1.165, 1.54) is 5.56 Å². The van der Waals surface area contributed by atoms with E-state index in [9.17, 15) is 9.90 Å². The summed E-state index contributed by atoms with van der Waals surface area (Å²) in [6.07, 6.45) is 2.51. The van der Waals surface area contributed by atoms with Crippen molar-refractivity contribution in [2.75, 3.05) is 26.2 Å². The Labute approximate surface area is 137 Å². The summed E-state index contributed by atoms with van der Waals surface area (Å²) in [5.74, 6) is 0.452. The summed E-state index contributed by atoms with van der Waals surface area (Å²) in [7, 11) is 0. The first-order valence-electron chi connectivity index (χ1n) is 7.96. The predicted molar refractivity (Wildman–Crippen MR) is 89.0 cm³/mol. The van der Waals surface area contributed by atoms with Gasteiger partial charge in [0.05, 0.1) is 12.6 Å². The number of likely N-dealkylation sites (tertiary alicyclic amines) is 1. The van der Waals surface area contributed by atoms with Crippen LogP contribution in [-0.4, -0.2) is 48.2 Å². The SMILES string of the molecule is CC(O)C1CCN(CC(=O)NCCc2ccc(Cl)cc2)CC1. The average Bonchev–Trinajstić information content (AvgIpc) is 2.50. The fourth-order valence-electron chi connectivity index (χ4n) is 2.85. The van der Waals surface area contributed by atoms with Crippen molar-refractivity contribution < 1.29 is 9.90 Å². The van der Waals surface area contributed by atoms with Crippen molar-refractivity contribution in [3.05, 3.63) is 34.9 Å². The van der Waals surface area contributed by atoms with Crippen molar-refractivity contribution in [2.24, 2.45) is 5.92 Å². The Balaban J connectivity index is 1.63. The Hall–Kier alpha value is -1.10. The van der Waals surface area contributed by atoms with Gasteiger partial charge in [-0.25, -0.2) is 0 Å². The summed E-state index contributed by atoms with van der Waals surface area (Å²) in [6.45, 7) is 4.72. The monoisotopic (exact) mass is 324 g/mol. The molecule has 0 aromatic heterocycles. The zero-order valence-corrected chi connectivity index (χ0v) is 13.9. The smallest absolute Gasteiger partial charge is 0.234 e. The van der Waals surface area contributed by atoms with Gasteiger partial charge in [0.1, 0.15) is 0 Å². The Morgan fingerprint density at radius 1 is 1.36 bits per heavy atom. The summed E-state index contributed by atoms with van der Waals surface area (Å²) in [5, 5.41) is 13.3. The zero-order chi connectivity index (χ0) is 15.9. The zero-order valence-electron chi connectivity index (χ0n) is 13.1. The Morgan fingerprint density at radius 2 is 2.00 bits per heavy atom. The van der Waals surface area contributed by atoms with Gasteiger partial charge in [-0.15, -0.1) is 0 Å². The molecule has 2 rings (SSSR count). The molecule has 22 heavy (non-hydrogen) atoms. The molecule has 1 atom stereocenters. The van der Waals surface area contributed by atoms with Crippen LogP contribution in [0, 0.1) is 5.92 Å². The molecular formula is C17H25ClN2O2. The molecule has 0 aliphatic carbocycles. The van der Waals surface area contributed by atoms with Gasteiger partial charge in [0.25, 0.3) is 0 Å². The van der Waals surface area contributed by atoms with Gasteiger partial charge in [-0.3, -0.25) is 9.69 Å². The Kier molecular flexibility index (Phi) is 6.68. The van der Waals surface area contributed by atoms with E-state index in [0.29, 0.717) is 19.0 Å². The molecule has 122 valence electrons. The fourth-order valence-corrected chi connectivity index (χ4v) is 2.98. The van der Waals surface area contributed by atoms with Crippen molar-refractivity contribution in [3.63, 3.8) is 0 Å². The molecule has 1 amide bonds. The number of hydrogen-bond acceptors (Lipinski definition) is 3. The summed E-state index contributed by atoms with van der Waals surface area (Å²) in [5.41, 5.74) is 1.17. The molecule has 1 heterocycles. The van der Waals surface area contributed by atoms with E-state index in [4.69, 9.17) is 11.6 Å². The number of hydrogen-bond donors (Lipinski definition) is 2. The second kappa shape index (κ2) is 8.51. The van der Waals surface area contributed by atoms with Crippen LogP contribution in [0.5, 0.6) is 0 Å². The number of amides is 1. The largest absolute Gasteiger partial charge is 0.393 e. The van der Waals surface area contributed by atoms with Gasteiger partial charge in [-0.05, 0) is 62.9 Å². The molecule has 2 N–H and O–H groups in total. The van der Waals surface area contributed by atoms with E-state index in [-0.39, 0.29) is 12.0 Å². The van der Waals surface area contributed by atoms with E-state index in [1.807, 2.05) is 31.2 Å². The highest BCUT2D eigenvalue weighted by molar-refractivity contribution is 6.30. The average molecular weight is 325 g/mol. The number of halogens is 1. The number of rotatable bonds is 6. The number of benzene rings is 1. The molecule has 1 aliphatic heterocycles. The molecule has 0 bridgehead atoms. The van der Waals surface area contributed by atoms with Crippen LogP contribution in [0.15, 0.2) is 24.3 Å². The molecule has 1 unspecified atom stereocenters. The minimum Gasteiger partial charge on any atom is -0.393 e. The highest BCUT2D eigenvalue weighted by atomic mass is 35.5. The van der Waals surface area contributed by atoms with Crippen LogP contribution in [0.25, 0.3) is 0 Å². The lowest BCUT2D eigenvalue weighted by Gasteiger charge is -2.32. The third-order valence-corrected chi connectivity index (χ3v) is 4.58. The molecule has 1 aliphatic rings. The Bertz CT molecular complexity index is 468. The first-order chi connectivity index (χ1) is 10.5. The van der Waals surface area contributed by atoms with Gasteiger partial charge in [-0.1, -0.05) is 23.7 Å². The maximum Gasteiger partial charge on any atom is 0.234 e. The maximum atomic E-state index is 11.9. The number of aliphatic hydroxyl groups is 1. The first-order valence-corrected chi connectivity index (χ1v) is 8.34. The second-order valence-corrected chi connectivity index (χ2v) is 6.52. The van der Waals surface area contributed by atoms with E-state index in [2.05, 4.69) is 10.2 Å². The maximum absolute atomic E-state index is 11.9. The molecule has 1 saturated heterocycles. The quantitative estimate of drug-likeness (QED) is 0.842. The number of piperidine rings is 1. The van der Waals surface area contributed by atoms with Gasteiger partial charge in [0, 0.05) is 11.6 Å². The van der Waals surface area contributed by atoms with Crippen molar-refractivity contribution in [2.45, 2.75) is 32.3 Å². The number of nitrogens with zero attached hydrogens (tertiary/aromatic N) is 1. The minimum absolute atomic E-state index is 0.0736. The molecule has 1 aromatic rings. The van der Waals surface area contributed by atoms with Crippen LogP contribution in [0.3, 0.4) is 0 Å². The third kappa shape index (κ3) is 5.59. The lowest BCUT2D eigenvalue weighted by atomic mass is 9.92. The van der Waals surface area contributed by atoms with Gasteiger partial charge < -0.3 is 10.4 Å². The molecule has 0 spiro atoms. The highest BCUT2D eigenvalue weighted by Gasteiger charge is 2.23. The molecule has 0 saturated carbocycles. The van der Waals surface area contributed by atoms with E-state index in [0.717, 1.165) is 37.4 Å². The molecule has 4 nitrogen and oxygen atoms in total. The highest BCUT2D eigenvalue weighted by Crippen LogP contribution is 2.20. The Morgan fingerprint density at radius 3 is 2.59 bits per heavy atom. The summed E-state index contributed by atoms with van der Waals surface area (Å²) < 4.78 is 0. The van der Waals surface area contributed by atoms with Crippen molar-refractivity contribution in [1.82, 2.24) is 10.2 Å². The predicted octanol–water partition coefficient (Wildman–Crippen LogP) is 2.09. The van der Waals surface area contributed by atoms with Crippen LogP contribution in [0.4, 0.5) is 0 Å². The molecule has 1 fully saturated rings. The topological polar surface area (TPSA) is 52.6 Å². The van der Waals surface area contributed by atoms with Gasteiger partial charge in [0.15, 0.2) is 0 Å². The lowest BCUT2D eigenvalue weighted by Crippen LogP contribution is -2.43. The number of carbonyl (C=O) groups is 1. The summed E-state index contributed by atoms with van der Waals surface area (Å²) in [4.78, 5) is 14.1. The second-order valence-electron chi connectivity index (χ2n) is 6.08. The van der Waals surface area contributed by atoms with Crippen LogP contribution >= 0.6 is 11.6 Å². The van der Waals surface area contributed by atoms with Gasteiger partial charge >= 0.3 is 0 Å². The molecule has 0 radical (unpaired) electrons. The van der Waals surface area contributed by atoms with Crippen LogP contribution in [0.2, 0.25) is 5.02 Å². The van der Waals surface area contributed by atoms with E-state index in [1.54, 1.807) is 0 Å². The minimum atomic E-state index is -0.240. The van der Waals surface area contributed by atoms with E-state index < -0.39 is 0 Å². The van der Waals surface area contributed by atoms with E-state index >= 15 is 0 Å². The van der Waals surface area contributed by atoms with Crippen molar-refractivity contribution >= 4 is 17.5 Å². The third-order valence-electron chi connectivity index (χ3n) is 4.33. The number of nitrogens with one attached hydrogen (secondary N) is 1.